The standard InChI is InChI=1S/C25H28N2O3S/c1-18-14-15-19(2)23(16-18)21(4)26-25(28)17-27(24-13-9-8-10-20(24)3)31(29,30)22-11-6-5-7-12-22/h5-16,21H,17H2,1-4H3,(H,26,28)/t21-/m0/s1. The van der Waals surface area contributed by atoms with E-state index in [0.29, 0.717) is 5.69 Å². The molecule has 5 nitrogen and oxygen atoms in total. The highest BCUT2D eigenvalue weighted by Gasteiger charge is 2.28. The average Bonchev–Trinajstić information content (AvgIpc) is 2.75. The molecule has 3 aromatic carbocycles. The fourth-order valence-corrected chi connectivity index (χ4v) is 5.09. The SMILES string of the molecule is Cc1ccc(C)c([C@H](C)NC(=O)CN(c2ccccc2C)S(=O)(=O)c2ccccc2)c1. The Bertz CT molecular complexity index is 1170. The van der Waals surface area contributed by atoms with Crippen LogP contribution in [0.25, 0.3) is 0 Å². The normalized spacial score (nSPS) is 12.3. The molecule has 0 bridgehead atoms. The van der Waals surface area contributed by atoms with Gasteiger partial charge in [-0.3, -0.25) is 9.10 Å². The van der Waals surface area contributed by atoms with E-state index >= 15 is 0 Å². The van der Waals surface area contributed by atoms with E-state index in [1.807, 2.05) is 58.0 Å². The van der Waals surface area contributed by atoms with Crippen molar-refractivity contribution >= 4 is 21.6 Å². The lowest BCUT2D eigenvalue weighted by Crippen LogP contribution is -2.42. The summed E-state index contributed by atoms with van der Waals surface area (Å²) in [6, 6.07) is 21.2. The lowest BCUT2D eigenvalue weighted by Gasteiger charge is -2.26. The van der Waals surface area contributed by atoms with Crippen molar-refractivity contribution in [3.8, 4) is 0 Å². The molecule has 0 fully saturated rings. The molecule has 0 aliphatic rings. The van der Waals surface area contributed by atoms with Gasteiger partial charge in [0.25, 0.3) is 10.0 Å². The summed E-state index contributed by atoms with van der Waals surface area (Å²) in [5, 5.41) is 2.96. The van der Waals surface area contributed by atoms with Crippen molar-refractivity contribution in [2.45, 2.75) is 38.6 Å². The maximum atomic E-state index is 13.4. The molecule has 0 spiro atoms. The number of nitrogens with zero attached hydrogens (tertiary/aromatic N) is 1. The second-order valence-corrected chi connectivity index (χ2v) is 9.62. The van der Waals surface area contributed by atoms with E-state index in [1.54, 1.807) is 30.3 Å². The van der Waals surface area contributed by atoms with Gasteiger partial charge in [-0.2, -0.15) is 0 Å². The molecular weight excluding hydrogens is 408 g/mol. The Morgan fingerprint density at radius 3 is 2.23 bits per heavy atom. The fourth-order valence-electron chi connectivity index (χ4n) is 3.58. The number of carbonyl (C=O) groups excluding carboxylic acids is 1. The number of rotatable bonds is 7. The van der Waals surface area contributed by atoms with Crippen LogP contribution in [0.4, 0.5) is 5.69 Å². The summed E-state index contributed by atoms with van der Waals surface area (Å²) >= 11 is 0. The van der Waals surface area contributed by atoms with Crippen LogP contribution < -0.4 is 9.62 Å². The second-order valence-electron chi connectivity index (χ2n) is 7.76. The molecule has 3 aromatic rings. The maximum Gasteiger partial charge on any atom is 0.264 e. The summed E-state index contributed by atoms with van der Waals surface area (Å²) in [4.78, 5) is 13.1. The zero-order valence-corrected chi connectivity index (χ0v) is 19.1. The topological polar surface area (TPSA) is 66.5 Å². The van der Waals surface area contributed by atoms with Gasteiger partial charge in [-0.25, -0.2) is 8.42 Å². The Morgan fingerprint density at radius 1 is 0.903 bits per heavy atom. The summed E-state index contributed by atoms with van der Waals surface area (Å²) in [6.07, 6.45) is 0. The predicted octanol–water partition coefficient (Wildman–Crippen LogP) is 4.68. The number of hydrogen-bond acceptors (Lipinski definition) is 3. The van der Waals surface area contributed by atoms with Crippen LogP contribution in [0.15, 0.2) is 77.7 Å². The van der Waals surface area contributed by atoms with Gasteiger partial charge in [-0.15, -0.1) is 0 Å². The minimum absolute atomic E-state index is 0.147. The molecule has 0 unspecified atom stereocenters. The zero-order chi connectivity index (χ0) is 22.6. The van der Waals surface area contributed by atoms with Crippen molar-refractivity contribution in [3.05, 3.63) is 95.1 Å². The molecule has 0 saturated carbocycles. The second kappa shape index (κ2) is 9.35. The molecule has 31 heavy (non-hydrogen) atoms. The van der Waals surface area contributed by atoms with Crippen LogP contribution >= 0.6 is 0 Å². The van der Waals surface area contributed by atoms with Crippen molar-refractivity contribution in [1.29, 1.82) is 0 Å². The van der Waals surface area contributed by atoms with E-state index in [-0.39, 0.29) is 23.4 Å². The van der Waals surface area contributed by atoms with E-state index in [0.717, 1.165) is 22.3 Å². The largest absolute Gasteiger partial charge is 0.348 e. The van der Waals surface area contributed by atoms with E-state index < -0.39 is 10.0 Å². The summed E-state index contributed by atoms with van der Waals surface area (Å²) in [6.45, 7) is 7.43. The minimum Gasteiger partial charge on any atom is -0.348 e. The molecule has 0 saturated heterocycles. The average molecular weight is 437 g/mol. The van der Waals surface area contributed by atoms with Crippen LogP contribution in [-0.2, 0) is 14.8 Å². The molecule has 0 aromatic heterocycles. The lowest BCUT2D eigenvalue weighted by atomic mass is 10.00. The summed E-state index contributed by atoms with van der Waals surface area (Å²) in [5.41, 5.74) is 4.46. The van der Waals surface area contributed by atoms with Gasteiger partial charge in [0.05, 0.1) is 16.6 Å². The van der Waals surface area contributed by atoms with E-state index in [2.05, 4.69) is 5.32 Å². The van der Waals surface area contributed by atoms with E-state index in [4.69, 9.17) is 0 Å². The number of benzene rings is 3. The van der Waals surface area contributed by atoms with Crippen molar-refractivity contribution < 1.29 is 13.2 Å². The van der Waals surface area contributed by atoms with Crippen LogP contribution in [0.3, 0.4) is 0 Å². The van der Waals surface area contributed by atoms with Crippen LogP contribution in [-0.4, -0.2) is 20.9 Å². The van der Waals surface area contributed by atoms with Crippen LogP contribution in [0.5, 0.6) is 0 Å². The van der Waals surface area contributed by atoms with Crippen LogP contribution in [0, 0.1) is 20.8 Å². The van der Waals surface area contributed by atoms with Crippen LogP contribution in [0.1, 0.15) is 35.2 Å². The van der Waals surface area contributed by atoms with Gasteiger partial charge in [0.15, 0.2) is 0 Å². The molecule has 6 heteroatoms. The van der Waals surface area contributed by atoms with Gasteiger partial charge < -0.3 is 5.32 Å². The zero-order valence-electron chi connectivity index (χ0n) is 18.3. The monoisotopic (exact) mass is 436 g/mol. The number of amides is 1. The molecule has 0 radical (unpaired) electrons. The summed E-state index contributed by atoms with van der Waals surface area (Å²) in [5.74, 6) is -0.365. The number of sulfonamides is 1. The van der Waals surface area contributed by atoms with Crippen molar-refractivity contribution in [3.63, 3.8) is 0 Å². The summed E-state index contributed by atoms with van der Waals surface area (Å²) in [7, 11) is -3.91. The number of anilines is 1. The Morgan fingerprint density at radius 2 is 1.55 bits per heavy atom. The molecular formula is C25H28N2O3S. The van der Waals surface area contributed by atoms with Gasteiger partial charge in [-0.1, -0.05) is 60.2 Å². The Kier molecular flexibility index (Phi) is 6.81. The van der Waals surface area contributed by atoms with E-state index in [9.17, 15) is 13.2 Å². The lowest BCUT2D eigenvalue weighted by molar-refractivity contribution is -0.120. The maximum absolute atomic E-state index is 13.4. The first kappa shape index (κ1) is 22.6. The number of carbonyl (C=O) groups is 1. The third kappa shape index (κ3) is 5.14. The highest BCUT2D eigenvalue weighted by Crippen LogP contribution is 2.27. The molecule has 1 N–H and O–H groups in total. The minimum atomic E-state index is -3.91. The van der Waals surface area contributed by atoms with Gasteiger partial charge in [0.1, 0.15) is 6.54 Å². The quantitative estimate of drug-likeness (QED) is 0.585. The number of para-hydroxylation sites is 1. The number of hydrogen-bond donors (Lipinski definition) is 1. The first-order chi connectivity index (χ1) is 14.7. The van der Waals surface area contributed by atoms with Gasteiger partial charge in [-0.05, 0) is 62.6 Å². The molecule has 0 heterocycles. The highest BCUT2D eigenvalue weighted by molar-refractivity contribution is 7.92. The number of aryl methyl sites for hydroxylation is 3. The molecule has 1 atom stereocenters. The Labute approximate surface area is 184 Å². The van der Waals surface area contributed by atoms with Crippen molar-refractivity contribution in [2.24, 2.45) is 0 Å². The smallest absolute Gasteiger partial charge is 0.264 e. The molecule has 1 amide bonds. The van der Waals surface area contributed by atoms with E-state index in [1.165, 1.54) is 16.4 Å². The Balaban J connectivity index is 1.91. The fraction of sp³-hybridized carbons (Fsp3) is 0.240. The van der Waals surface area contributed by atoms with Gasteiger partial charge in [0.2, 0.25) is 5.91 Å². The highest BCUT2D eigenvalue weighted by atomic mass is 32.2. The molecule has 3 rings (SSSR count). The van der Waals surface area contributed by atoms with Crippen molar-refractivity contribution in [2.75, 3.05) is 10.8 Å². The third-order valence-electron chi connectivity index (χ3n) is 5.28. The van der Waals surface area contributed by atoms with Gasteiger partial charge >= 0.3 is 0 Å². The molecule has 0 aliphatic heterocycles. The first-order valence-electron chi connectivity index (χ1n) is 10.2. The van der Waals surface area contributed by atoms with Crippen molar-refractivity contribution in [1.82, 2.24) is 5.32 Å². The molecule has 162 valence electrons. The predicted molar refractivity (Wildman–Crippen MR) is 125 cm³/mol. The Hall–Kier alpha value is -3.12. The van der Waals surface area contributed by atoms with Gasteiger partial charge in [0, 0.05) is 0 Å². The molecule has 0 aliphatic carbocycles. The summed E-state index contributed by atoms with van der Waals surface area (Å²) < 4.78 is 28.0. The third-order valence-corrected chi connectivity index (χ3v) is 7.06. The van der Waals surface area contributed by atoms with Crippen LogP contribution in [0.2, 0.25) is 0 Å². The number of nitrogens with one attached hydrogen (secondary N) is 1. The first-order valence-corrected chi connectivity index (χ1v) is 11.6.